The predicted octanol–water partition coefficient (Wildman–Crippen LogP) is 1.52. The van der Waals surface area contributed by atoms with E-state index in [1.165, 1.54) is 0 Å². The third-order valence-corrected chi connectivity index (χ3v) is 2.39. The molecule has 6 nitrogen and oxygen atoms in total. The van der Waals surface area contributed by atoms with Crippen LogP contribution in [0.15, 0.2) is 9.52 Å². The molecule has 0 fully saturated rings. The van der Waals surface area contributed by atoms with E-state index < -0.39 is 0 Å². The number of guanidine groups is 1. The Labute approximate surface area is 115 Å². The van der Waals surface area contributed by atoms with Gasteiger partial charge in [-0.15, -0.1) is 0 Å². The fourth-order valence-corrected chi connectivity index (χ4v) is 1.50. The van der Waals surface area contributed by atoms with Crippen LogP contribution < -0.4 is 10.6 Å². The van der Waals surface area contributed by atoms with Gasteiger partial charge in [-0.1, -0.05) is 19.0 Å². The first-order valence-electron chi connectivity index (χ1n) is 6.93. The van der Waals surface area contributed by atoms with Gasteiger partial charge in [0.2, 0.25) is 5.89 Å². The monoisotopic (exact) mass is 267 g/mol. The summed E-state index contributed by atoms with van der Waals surface area (Å²) >= 11 is 0. The molecule has 6 heteroatoms. The highest BCUT2D eigenvalue weighted by Crippen LogP contribution is 1.99. The molecule has 0 spiro atoms. The Morgan fingerprint density at radius 1 is 1.37 bits per heavy atom. The van der Waals surface area contributed by atoms with Crippen molar-refractivity contribution in [2.75, 3.05) is 19.6 Å². The van der Waals surface area contributed by atoms with Crippen LogP contribution in [0.25, 0.3) is 0 Å². The van der Waals surface area contributed by atoms with Gasteiger partial charge in [0.15, 0.2) is 11.8 Å². The lowest BCUT2D eigenvalue weighted by Crippen LogP contribution is -2.38. The van der Waals surface area contributed by atoms with Crippen molar-refractivity contribution in [1.82, 2.24) is 20.8 Å². The van der Waals surface area contributed by atoms with Crippen molar-refractivity contribution >= 4 is 5.96 Å². The third-order valence-electron chi connectivity index (χ3n) is 2.39. The van der Waals surface area contributed by atoms with Gasteiger partial charge in [-0.05, 0) is 26.2 Å². The summed E-state index contributed by atoms with van der Waals surface area (Å²) in [5, 5.41) is 10.3. The maximum atomic E-state index is 5.06. The molecule has 0 radical (unpaired) electrons. The second kappa shape index (κ2) is 8.50. The van der Waals surface area contributed by atoms with E-state index in [1.54, 1.807) is 0 Å². The highest BCUT2D eigenvalue weighted by atomic mass is 16.5. The van der Waals surface area contributed by atoms with Crippen LogP contribution in [0.2, 0.25) is 0 Å². The quantitative estimate of drug-likeness (QED) is 0.445. The number of nitrogens with one attached hydrogen (secondary N) is 2. The zero-order valence-electron chi connectivity index (χ0n) is 12.4. The second-order valence-corrected chi connectivity index (χ2v) is 4.88. The number of aromatic nitrogens is 2. The molecular weight excluding hydrogens is 242 g/mol. The van der Waals surface area contributed by atoms with Crippen LogP contribution in [0.3, 0.4) is 0 Å². The third kappa shape index (κ3) is 6.79. The Morgan fingerprint density at radius 3 is 2.74 bits per heavy atom. The zero-order chi connectivity index (χ0) is 14.1. The van der Waals surface area contributed by atoms with E-state index in [0.29, 0.717) is 17.6 Å². The molecule has 0 aliphatic heterocycles. The molecule has 1 rings (SSSR count). The number of rotatable bonds is 7. The summed E-state index contributed by atoms with van der Waals surface area (Å²) < 4.78 is 5.06. The Balaban J connectivity index is 2.26. The van der Waals surface area contributed by atoms with Crippen LogP contribution in [0.5, 0.6) is 0 Å². The molecule has 0 saturated carbocycles. The highest BCUT2D eigenvalue weighted by molar-refractivity contribution is 5.79. The zero-order valence-corrected chi connectivity index (χ0v) is 12.4. The maximum absolute atomic E-state index is 5.06. The largest absolute Gasteiger partial charge is 0.357 e. The van der Waals surface area contributed by atoms with E-state index in [2.05, 4.69) is 46.5 Å². The fraction of sp³-hybridized carbons (Fsp3) is 0.769. The summed E-state index contributed by atoms with van der Waals surface area (Å²) in [5.74, 6) is 2.83. The smallest absolute Gasteiger partial charge is 0.226 e. The van der Waals surface area contributed by atoms with Crippen molar-refractivity contribution in [1.29, 1.82) is 0 Å². The molecule has 0 aliphatic carbocycles. The molecular formula is C13H25N5O. The second-order valence-electron chi connectivity index (χ2n) is 4.88. The molecule has 1 heterocycles. The lowest BCUT2D eigenvalue weighted by molar-refractivity contribution is 0.372. The normalized spacial score (nSPS) is 11.9. The van der Waals surface area contributed by atoms with Gasteiger partial charge >= 0.3 is 0 Å². The van der Waals surface area contributed by atoms with E-state index in [1.807, 2.05) is 6.92 Å². The van der Waals surface area contributed by atoms with Gasteiger partial charge in [-0.25, -0.2) is 0 Å². The minimum Gasteiger partial charge on any atom is -0.357 e. The van der Waals surface area contributed by atoms with Crippen molar-refractivity contribution in [3.8, 4) is 0 Å². The van der Waals surface area contributed by atoms with Crippen LogP contribution in [0.4, 0.5) is 0 Å². The van der Waals surface area contributed by atoms with Gasteiger partial charge in [0.05, 0.1) is 0 Å². The van der Waals surface area contributed by atoms with Crippen molar-refractivity contribution in [2.24, 2.45) is 10.9 Å². The number of aliphatic imine (C=N–C) groups is 1. The Kier molecular flexibility index (Phi) is 6.92. The van der Waals surface area contributed by atoms with E-state index in [0.717, 1.165) is 38.4 Å². The maximum Gasteiger partial charge on any atom is 0.226 e. The molecule has 19 heavy (non-hydrogen) atoms. The van der Waals surface area contributed by atoms with E-state index >= 15 is 0 Å². The van der Waals surface area contributed by atoms with Crippen LogP contribution in [-0.4, -0.2) is 35.7 Å². The first kappa shape index (κ1) is 15.5. The van der Waals surface area contributed by atoms with Crippen molar-refractivity contribution < 1.29 is 4.52 Å². The van der Waals surface area contributed by atoms with Crippen LogP contribution >= 0.6 is 0 Å². The highest BCUT2D eigenvalue weighted by Gasteiger charge is 2.02. The number of aryl methyl sites for hydroxylation is 2. The van der Waals surface area contributed by atoms with Crippen molar-refractivity contribution in [3.63, 3.8) is 0 Å². The molecule has 0 unspecified atom stereocenters. The molecule has 0 atom stereocenters. The lowest BCUT2D eigenvalue weighted by atomic mass is 10.2. The summed E-state index contributed by atoms with van der Waals surface area (Å²) in [6.07, 6.45) is 1.73. The first-order chi connectivity index (χ1) is 9.11. The number of hydrogen-bond acceptors (Lipinski definition) is 4. The van der Waals surface area contributed by atoms with Crippen LogP contribution in [-0.2, 0) is 6.42 Å². The summed E-state index contributed by atoms with van der Waals surface area (Å²) in [5.41, 5.74) is 0. The summed E-state index contributed by atoms with van der Waals surface area (Å²) in [6, 6.07) is 0. The van der Waals surface area contributed by atoms with Gasteiger partial charge < -0.3 is 15.2 Å². The first-order valence-corrected chi connectivity index (χ1v) is 6.93. The van der Waals surface area contributed by atoms with E-state index in [9.17, 15) is 0 Å². The van der Waals surface area contributed by atoms with E-state index in [-0.39, 0.29) is 0 Å². The molecule has 1 aromatic rings. The number of nitrogens with zero attached hydrogens (tertiary/aromatic N) is 3. The minimum atomic E-state index is 0.567. The molecule has 1 aromatic heterocycles. The molecule has 0 amide bonds. The van der Waals surface area contributed by atoms with Gasteiger partial charge in [0, 0.05) is 26.1 Å². The topological polar surface area (TPSA) is 75.3 Å². The molecule has 0 bridgehead atoms. The van der Waals surface area contributed by atoms with Crippen molar-refractivity contribution in [3.05, 3.63) is 11.7 Å². The predicted molar refractivity (Wildman–Crippen MR) is 76.2 cm³/mol. The van der Waals surface area contributed by atoms with Gasteiger partial charge in [-0.3, -0.25) is 4.99 Å². The molecule has 0 saturated heterocycles. The van der Waals surface area contributed by atoms with Gasteiger partial charge in [-0.2, -0.15) is 4.98 Å². The van der Waals surface area contributed by atoms with Crippen molar-refractivity contribution in [2.45, 2.75) is 40.5 Å². The van der Waals surface area contributed by atoms with Crippen LogP contribution in [0, 0.1) is 12.8 Å². The SMILES string of the molecule is CCNC(=NCC(C)C)NCCCc1nc(C)no1. The molecule has 2 N–H and O–H groups in total. The summed E-state index contributed by atoms with van der Waals surface area (Å²) in [6.45, 7) is 10.7. The summed E-state index contributed by atoms with van der Waals surface area (Å²) in [4.78, 5) is 8.68. The molecule has 108 valence electrons. The fourth-order valence-electron chi connectivity index (χ4n) is 1.50. The summed E-state index contributed by atoms with van der Waals surface area (Å²) in [7, 11) is 0. The standard InChI is InChI=1S/C13H25N5O/c1-5-14-13(16-9-10(2)3)15-8-6-7-12-17-11(4)18-19-12/h10H,5-9H2,1-4H3,(H2,14,15,16). The number of hydrogen-bond donors (Lipinski definition) is 2. The Hall–Kier alpha value is -1.59. The van der Waals surface area contributed by atoms with E-state index in [4.69, 9.17) is 4.52 Å². The minimum absolute atomic E-state index is 0.567. The van der Waals surface area contributed by atoms with Gasteiger partial charge in [0.1, 0.15) is 0 Å². The Morgan fingerprint density at radius 2 is 2.16 bits per heavy atom. The lowest BCUT2D eigenvalue weighted by Gasteiger charge is -2.11. The molecule has 0 aliphatic rings. The average molecular weight is 267 g/mol. The Bertz CT molecular complexity index is 386. The average Bonchev–Trinajstić information content (AvgIpc) is 2.77. The van der Waals surface area contributed by atoms with Crippen LogP contribution in [0.1, 0.15) is 38.9 Å². The molecule has 0 aromatic carbocycles. The van der Waals surface area contributed by atoms with Gasteiger partial charge in [0.25, 0.3) is 0 Å².